The van der Waals surface area contributed by atoms with Crippen LogP contribution in [-0.2, 0) is 20.7 Å². The van der Waals surface area contributed by atoms with Gasteiger partial charge in [-0.1, -0.05) is 12.1 Å². The first-order valence-electron chi connectivity index (χ1n) is 12.4. The smallest absolute Gasteiger partial charge is 0.202 e. The van der Waals surface area contributed by atoms with E-state index in [1.807, 2.05) is 0 Å². The molecule has 0 unspecified atom stereocenters. The fourth-order valence-electron chi connectivity index (χ4n) is 5.75. The maximum Gasteiger partial charge on any atom is 0.202 e. The van der Waals surface area contributed by atoms with Crippen molar-refractivity contribution in [3.05, 3.63) is 51.6 Å². The van der Waals surface area contributed by atoms with E-state index in [0.717, 1.165) is 0 Å². The molecule has 2 aromatic rings. The molecule has 1 aliphatic heterocycles. The molecule has 1 saturated heterocycles. The number of ether oxygens (including phenoxy) is 3. The van der Waals surface area contributed by atoms with Gasteiger partial charge in [0.15, 0.2) is 17.9 Å². The molecule has 0 amide bonds. The van der Waals surface area contributed by atoms with Gasteiger partial charge in [-0.15, -0.1) is 0 Å². The fraction of sp³-hybridized carbons (Fsp3) is 0.444. The van der Waals surface area contributed by atoms with Crippen molar-refractivity contribution in [2.24, 2.45) is 5.73 Å². The molecule has 0 spiro atoms. The Morgan fingerprint density at radius 3 is 2.49 bits per heavy atom. The molecule has 0 radical (unpaired) electrons. The van der Waals surface area contributed by atoms with Crippen LogP contribution in [0, 0.1) is 0 Å². The predicted molar refractivity (Wildman–Crippen MR) is 132 cm³/mol. The van der Waals surface area contributed by atoms with Crippen molar-refractivity contribution < 1.29 is 54.1 Å². The maximum absolute atomic E-state index is 13.6. The van der Waals surface area contributed by atoms with Gasteiger partial charge in [0.25, 0.3) is 0 Å². The monoisotopic (exact) mass is 543 g/mol. The lowest BCUT2D eigenvalue weighted by molar-refractivity contribution is -0.247. The second-order valence-electron chi connectivity index (χ2n) is 10.2. The Labute approximate surface area is 222 Å². The van der Waals surface area contributed by atoms with Crippen molar-refractivity contribution in [1.29, 1.82) is 0 Å². The average molecular weight is 544 g/mol. The zero-order chi connectivity index (χ0) is 28.4. The van der Waals surface area contributed by atoms with E-state index in [9.17, 15) is 39.9 Å². The van der Waals surface area contributed by atoms with Crippen LogP contribution in [0.15, 0.2) is 18.2 Å². The highest BCUT2D eigenvalue weighted by Crippen LogP contribution is 2.52. The first kappa shape index (κ1) is 27.2. The van der Waals surface area contributed by atoms with Crippen LogP contribution < -0.4 is 10.5 Å². The normalized spacial score (nSPS) is 29.8. The number of phenols is 2. The number of rotatable bonds is 5. The lowest BCUT2D eigenvalue weighted by Crippen LogP contribution is -2.53. The molecule has 5 rings (SSSR count). The number of carbonyl (C=O) groups is 3. The number of phenolic OH excluding ortho intramolecular Hbond substituents is 2. The summed E-state index contributed by atoms with van der Waals surface area (Å²) < 4.78 is 17.0. The molecule has 6 atom stereocenters. The summed E-state index contributed by atoms with van der Waals surface area (Å²) in [6, 6.07) is 3.64. The summed E-state index contributed by atoms with van der Waals surface area (Å²) in [7, 11) is 1.32. The Bertz CT molecular complexity index is 1380. The van der Waals surface area contributed by atoms with Gasteiger partial charge < -0.3 is 45.5 Å². The van der Waals surface area contributed by atoms with Gasteiger partial charge in [0.2, 0.25) is 5.78 Å². The molecule has 0 saturated carbocycles. The minimum atomic E-state index is -2.24. The topological polar surface area (TPSA) is 206 Å². The third-order valence-electron chi connectivity index (χ3n) is 7.81. The van der Waals surface area contributed by atoms with Crippen LogP contribution in [0.4, 0.5) is 0 Å². The summed E-state index contributed by atoms with van der Waals surface area (Å²) in [5.41, 5.74) is 2.37. The zero-order valence-corrected chi connectivity index (χ0v) is 21.2. The van der Waals surface area contributed by atoms with Crippen LogP contribution in [0.5, 0.6) is 17.2 Å². The lowest BCUT2D eigenvalue weighted by Gasteiger charge is -2.42. The van der Waals surface area contributed by atoms with E-state index in [1.165, 1.54) is 25.3 Å². The molecule has 2 aromatic carbocycles. The molecule has 12 nitrogen and oxygen atoms in total. The second kappa shape index (κ2) is 9.66. The molecular formula is C27H29NO11. The predicted octanol–water partition coefficient (Wildman–Crippen LogP) is 0.00130. The van der Waals surface area contributed by atoms with E-state index < -0.39 is 95.7 Å². The van der Waals surface area contributed by atoms with Crippen LogP contribution in [0.3, 0.4) is 0 Å². The van der Waals surface area contributed by atoms with E-state index in [-0.39, 0.29) is 34.4 Å². The Kier molecular flexibility index (Phi) is 6.74. The average Bonchev–Trinajstić information content (AvgIpc) is 2.90. The highest BCUT2D eigenvalue weighted by molar-refractivity contribution is 6.31. The summed E-state index contributed by atoms with van der Waals surface area (Å²) >= 11 is 0. The number of methoxy groups -OCH3 is 1. The number of benzene rings is 2. The van der Waals surface area contributed by atoms with Crippen LogP contribution in [0.1, 0.15) is 68.8 Å². The van der Waals surface area contributed by atoms with E-state index >= 15 is 0 Å². The molecule has 7 N–H and O–H groups in total. The third kappa shape index (κ3) is 4.11. The standard InChI is InChI=1S/C27H29NO11/c1-10-22(31)13(28)6-17(38-10)39-15-8-27(36,16(30)9-29)7-12-19(15)26(35)21-20(24(12)33)23(32)11-4-3-5-14(37-2)18(11)25(21)34/h3-5,10,13,15,17,22,29,31,33,35-36H,6-9,28H2,1-2H3/t10-,13-,15-,17+,22-,27-/m1/s1. The number of hydrogen-bond acceptors (Lipinski definition) is 12. The Hall–Kier alpha value is -3.39. The van der Waals surface area contributed by atoms with Gasteiger partial charge in [0.1, 0.15) is 29.5 Å². The Morgan fingerprint density at radius 2 is 1.85 bits per heavy atom. The minimum Gasteiger partial charge on any atom is -0.507 e. The number of hydrogen-bond donors (Lipinski definition) is 6. The maximum atomic E-state index is 13.6. The summed E-state index contributed by atoms with van der Waals surface area (Å²) in [4.78, 5) is 39.7. The van der Waals surface area contributed by atoms with Gasteiger partial charge in [-0.05, 0) is 13.0 Å². The Morgan fingerprint density at radius 1 is 1.15 bits per heavy atom. The van der Waals surface area contributed by atoms with Crippen LogP contribution in [0.25, 0.3) is 0 Å². The molecule has 0 aromatic heterocycles. The zero-order valence-electron chi connectivity index (χ0n) is 21.2. The fourth-order valence-corrected chi connectivity index (χ4v) is 5.75. The number of fused-ring (bicyclic) bond motifs is 3. The first-order chi connectivity index (χ1) is 18.4. The van der Waals surface area contributed by atoms with Gasteiger partial charge in [-0.2, -0.15) is 0 Å². The van der Waals surface area contributed by atoms with Crippen molar-refractivity contribution in [2.75, 3.05) is 13.7 Å². The van der Waals surface area contributed by atoms with Crippen LogP contribution in [-0.4, -0.2) is 86.7 Å². The van der Waals surface area contributed by atoms with Crippen LogP contribution in [0.2, 0.25) is 0 Å². The molecule has 12 heteroatoms. The quantitative estimate of drug-likeness (QED) is 0.235. The van der Waals surface area contributed by atoms with Gasteiger partial charge in [0, 0.05) is 42.0 Å². The number of aliphatic hydroxyl groups is 3. The van der Waals surface area contributed by atoms with Crippen LogP contribution >= 0.6 is 0 Å². The van der Waals surface area contributed by atoms with E-state index in [0.29, 0.717) is 0 Å². The van der Waals surface area contributed by atoms with E-state index in [1.54, 1.807) is 6.92 Å². The van der Waals surface area contributed by atoms with Crippen molar-refractivity contribution in [3.8, 4) is 17.2 Å². The third-order valence-corrected chi connectivity index (χ3v) is 7.81. The number of carbonyl (C=O) groups excluding carboxylic acids is 3. The minimum absolute atomic E-state index is 0.0173. The van der Waals surface area contributed by atoms with Crippen molar-refractivity contribution in [2.45, 2.75) is 62.4 Å². The Balaban J connectivity index is 1.69. The van der Waals surface area contributed by atoms with Gasteiger partial charge >= 0.3 is 0 Å². The molecule has 1 fully saturated rings. The van der Waals surface area contributed by atoms with Crippen molar-refractivity contribution in [3.63, 3.8) is 0 Å². The molecule has 0 bridgehead atoms. The largest absolute Gasteiger partial charge is 0.507 e. The first-order valence-corrected chi connectivity index (χ1v) is 12.4. The lowest BCUT2D eigenvalue weighted by atomic mass is 9.72. The summed E-state index contributed by atoms with van der Waals surface area (Å²) in [6.45, 7) is 0.560. The van der Waals surface area contributed by atoms with Crippen molar-refractivity contribution in [1.82, 2.24) is 0 Å². The molecule has 2 aliphatic carbocycles. The number of aliphatic hydroxyl groups excluding tert-OH is 2. The second-order valence-corrected chi connectivity index (χ2v) is 10.2. The molecular weight excluding hydrogens is 514 g/mol. The molecule has 39 heavy (non-hydrogen) atoms. The SMILES string of the molecule is COc1cccc2c1C(=O)c1c(O)c3c(c(O)c1C2=O)C[C@](O)(C(=O)CO)C[C@H]3O[C@H]1C[C@@H](N)[C@H](O)[C@@H](C)O1. The number of ketones is 3. The van der Waals surface area contributed by atoms with Gasteiger partial charge in [-0.25, -0.2) is 0 Å². The highest BCUT2D eigenvalue weighted by atomic mass is 16.7. The summed E-state index contributed by atoms with van der Waals surface area (Å²) in [5, 5.41) is 53.7. The highest BCUT2D eigenvalue weighted by Gasteiger charge is 2.50. The number of Topliss-reactive ketones (excluding diaryl/α,β-unsaturated/α-hetero) is 1. The molecule has 3 aliphatic rings. The van der Waals surface area contributed by atoms with Crippen molar-refractivity contribution >= 4 is 17.3 Å². The van der Waals surface area contributed by atoms with Gasteiger partial charge in [0.05, 0.1) is 42.1 Å². The summed E-state index contributed by atoms with van der Waals surface area (Å²) in [5.74, 6) is -3.77. The number of nitrogens with two attached hydrogens (primary N) is 1. The molecule has 208 valence electrons. The van der Waals surface area contributed by atoms with E-state index in [2.05, 4.69) is 0 Å². The van der Waals surface area contributed by atoms with Gasteiger partial charge in [-0.3, -0.25) is 14.4 Å². The molecule has 1 heterocycles. The number of aromatic hydroxyl groups is 2. The van der Waals surface area contributed by atoms with E-state index in [4.69, 9.17) is 19.9 Å². The summed E-state index contributed by atoms with van der Waals surface area (Å²) in [6.07, 6.45) is -5.12.